The van der Waals surface area contributed by atoms with Crippen molar-refractivity contribution in [3.05, 3.63) is 0 Å². The molecule has 1 unspecified atom stereocenters. The van der Waals surface area contributed by atoms with Gasteiger partial charge in [-0.2, -0.15) is 0 Å². The number of halogens is 1. The van der Waals surface area contributed by atoms with Crippen LogP contribution in [0.4, 0.5) is 0 Å². The van der Waals surface area contributed by atoms with Crippen molar-refractivity contribution < 1.29 is 9.90 Å². The first-order chi connectivity index (χ1) is 7.01. The Morgan fingerprint density at radius 2 is 2.27 bits per heavy atom. The van der Waals surface area contributed by atoms with Crippen molar-refractivity contribution in [3.8, 4) is 0 Å². The Bertz CT molecular complexity index is 231. The van der Waals surface area contributed by atoms with E-state index in [2.05, 4.69) is 0 Å². The van der Waals surface area contributed by atoms with Gasteiger partial charge in [-0.05, 0) is 32.6 Å². The molecule has 0 radical (unpaired) electrons. The van der Waals surface area contributed by atoms with Crippen molar-refractivity contribution in [3.63, 3.8) is 0 Å². The molecule has 1 aliphatic heterocycles. The molecule has 0 aliphatic carbocycles. The zero-order valence-electron chi connectivity index (χ0n) is 9.50. The van der Waals surface area contributed by atoms with Crippen LogP contribution in [0.2, 0.25) is 0 Å². The second-order valence-corrected chi connectivity index (χ2v) is 5.20. The lowest BCUT2D eigenvalue weighted by Gasteiger charge is -2.27. The summed E-state index contributed by atoms with van der Waals surface area (Å²) in [4.78, 5) is 13.9. The van der Waals surface area contributed by atoms with E-state index < -0.39 is 5.41 Å². The summed E-state index contributed by atoms with van der Waals surface area (Å²) in [7, 11) is 0. The molecule has 4 heteroatoms. The van der Waals surface area contributed by atoms with Gasteiger partial charge in [-0.1, -0.05) is 0 Å². The Hall–Kier alpha value is -0.280. The molecule has 1 fully saturated rings. The normalized spacial score (nSPS) is 22.1. The molecule has 88 valence electrons. The molecule has 1 amide bonds. The molecule has 0 spiro atoms. The highest BCUT2D eigenvalue weighted by Gasteiger charge is 2.34. The van der Waals surface area contributed by atoms with Crippen LogP contribution in [-0.4, -0.2) is 41.5 Å². The second kappa shape index (κ2) is 5.17. The molecule has 0 aromatic rings. The molecular formula is C11H20ClNO2. The van der Waals surface area contributed by atoms with Crippen LogP contribution in [-0.2, 0) is 4.79 Å². The standard InChI is InChI=1S/C11H20ClNO2/c1-11(2,8-12)10(15)13-5-3-9(7-13)4-6-14/h9,14H,3-8H2,1-2H3. The second-order valence-electron chi connectivity index (χ2n) is 4.94. The SMILES string of the molecule is CC(C)(CCl)C(=O)N1CCC(CCO)C1. The van der Waals surface area contributed by atoms with E-state index in [1.54, 1.807) is 0 Å². The van der Waals surface area contributed by atoms with Crippen LogP contribution in [0.1, 0.15) is 26.7 Å². The van der Waals surface area contributed by atoms with Gasteiger partial charge in [0.25, 0.3) is 0 Å². The molecule has 0 bridgehead atoms. The van der Waals surface area contributed by atoms with Crippen LogP contribution in [0, 0.1) is 11.3 Å². The van der Waals surface area contributed by atoms with Crippen molar-refractivity contribution in [2.45, 2.75) is 26.7 Å². The quantitative estimate of drug-likeness (QED) is 0.748. The number of likely N-dealkylation sites (tertiary alicyclic amines) is 1. The van der Waals surface area contributed by atoms with Crippen molar-refractivity contribution in [1.82, 2.24) is 4.90 Å². The highest BCUT2D eigenvalue weighted by molar-refractivity contribution is 6.19. The van der Waals surface area contributed by atoms with Crippen LogP contribution in [0.5, 0.6) is 0 Å². The summed E-state index contributed by atoms with van der Waals surface area (Å²) >= 11 is 5.78. The van der Waals surface area contributed by atoms with E-state index in [9.17, 15) is 4.79 Å². The van der Waals surface area contributed by atoms with E-state index in [1.165, 1.54) is 0 Å². The number of alkyl halides is 1. The Morgan fingerprint density at radius 3 is 2.80 bits per heavy atom. The van der Waals surface area contributed by atoms with Gasteiger partial charge in [0.2, 0.25) is 5.91 Å². The fourth-order valence-electron chi connectivity index (χ4n) is 1.92. The zero-order chi connectivity index (χ0) is 11.5. The number of carbonyl (C=O) groups is 1. The van der Waals surface area contributed by atoms with Gasteiger partial charge in [-0.3, -0.25) is 4.79 Å². The number of hydrogen-bond acceptors (Lipinski definition) is 2. The molecule has 1 N–H and O–H groups in total. The Kier molecular flexibility index (Phi) is 4.41. The first-order valence-corrected chi connectivity index (χ1v) is 6.01. The van der Waals surface area contributed by atoms with Crippen LogP contribution >= 0.6 is 11.6 Å². The summed E-state index contributed by atoms with van der Waals surface area (Å²) in [5.74, 6) is 0.954. The molecular weight excluding hydrogens is 214 g/mol. The van der Waals surface area contributed by atoms with Crippen LogP contribution < -0.4 is 0 Å². The molecule has 0 saturated carbocycles. The monoisotopic (exact) mass is 233 g/mol. The fourth-order valence-corrected chi connectivity index (χ4v) is 2.03. The molecule has 1 rings (SSSR count). The number of hydrogen-bond donors (Lipinski definition) is 1. The lowest BCUT2D eigenvalue weighted by molar-refractivity contribution is -0.138. The fraction of sp³-hybridized carbons (Fsp3) is 0.909. The van der Waals surface area contributed by atoms with Gasteiger partial charge in [0.05, 0.1) is 5.41 Å². The van der Waals surface area contributed by atoms with Crippen molar-refractivity contribution >= 4 is 17.5 Å². The lowest BCUT2D eigenvalue weighted by atomic mass is 9.94. The topological polar surface area (TPSA) is 40.5 Å². The summed E-state index contributed by atoms with van der Waals surface area (Å²) < 4.78 is 0. The van der Waals surface area contributed by atoms with Crippen LogP contribution in [0.25, 0.3) is 0 Å². The van der Waals surface area contributed by atoms with Gasteiger partial charge >= 0.3 is 0 Å². The van der Waals surface area contributed by atoms with E-state index in [0.29, 0.717) is 11.8 Å². The summed E-state index contributed by atoms with van der Waals surface area (Å²) in [5, 5.41) is 8.83. The maximum atomic E-state index is 12.0. The largest absolute Gasteiger partial charge is 0.396 e. The molecule has 1 atom stereocenters. The first kappa shape index (κ1) is 12.8. The number of aliphatic hydroxyl groups excluding tert-OH is 1. The first-order valence-electron chi connectivity index (χ1n) is 5.47. The predicted molar refractivity (Wildman–Crippen MR) is 60.9 cm³/mol. The van der Waals surface area contributed by atoms with Gasteiger partial charge in [-0.25, -0.2) is 0 Å². The smallest absolute Gasteiger partial charge is 0.229 e. The van der Waals surface area contributed by atoms with E-state index in [1.807, 2.05) is 18.7 Å². The minimum absolute atomic E-state index is 0.137. The third-order valence-corrected chi connectivity index (χ3v) is 3.69. The molecule has 15 heavy (non-hydrogen) atoms. The van der Waals surface area contributed by atoms with Crippen LogP contribution in [0.3, 0.4) is 0 Å². The molecule has 0 aromatic heterocycles. The van der Waals surface area contributed by atoms with Gasteiger partial charge in [0.1, 0.15) is 0 Å². The number of amides is 1. The molecule has 0 aromatic carbocycles. The molecule has 1 aliphatic rings. The van der Waals surface area contributed by atoms with E-state index in [0.717, 1.165) is 25.9 Å². The van der Waals surface area contributed by atoms with Gasteiger partial charge in [0.15, 0.2) is 0 Å². The molecule has 3 nitrogen and oxygen atoms in total. The average Bonchev–Trinajstić information content (AvgIpc) is 2.66. The van der Waals surface area contributed by atoms with E-state index in [-0.39, 0.29) is 12.5 Å². The van der Waals surface area contributed by atoms with Gasteiger partial charge < -0.3 is 10.0 Å². The van der Waals surface area contributed by atoms with Gasteiger partial charge in [-0.15, -0.1) is 11.6 Å². The number of nitrogens with zero attached hydrogens (tertiary/aromatic N) is 1. The van der Waals surface area contributed by atoms with Crippen molar-refractivity contribution in [2.24, 2.45) is 11.3 Å². The maximum absolute atomic E-state index is 12.0. The highest BCUT2D eigenvalue weighted by atomic mass is 35.5. The summed E-state index contributed by atoms with van der Waals surface area (Å²) in [6.07, 6.45) is 1.80. The minimum atomic E-state index is -0.463. The summed E-state index contributed by atoms with van der Waals surface area (Å²) in [5.41, 5.74) is -0.463. The zero-order valence-corrected chi connectivity index (χ0v) is 10.3. The van der Waals surface area contributed by atoms with E-state index in [4.69, 9.17) is 16.7 Å². The molecule has 1 heterocycles. The highest BCUT2D eigenvalue weighted by Crippen LogP contribution is 2.26. The lowest BCUT2D eigenvalue weighted by Crippen LogP contribution is -2.40. The maximum Gasteiger partial charge on any atom is 0.229 e. The van der Waals surface area contributed by atoms with Crippen LogP contribution in [0.15, 0.2) is 0 Å². The van der Waals surface area contributed by atoms with Crippen molar-refractivity contribution in [2.75, 3.05) is 25.6 Å². The molecule has 1 saturated heterocycles. The predicted octanol–water partition coefficient (Wildman–Crippen LogP) is 1.48. The van der Waals surface area contributed by atoms with Gasteiger partial charge in [0, 0.05) is 25.6 Å². The number of carbonyl (C=O) groups excluding carboxylic acids is 1. The number of rotatable bonds is 4. The Morgan fingerprint density at radius 1 is 1.60 bits per heavy atom. The third-order valence-electron chi connectivity index (χ3n) is 3.02. The minimum Gasteiger partial charge on any atom is -0.396 e. The number of aliphatic hydroxyl groups is 1. The van der Waals surface area contributed by atoms with E-state index >= 15 is 0 Å². The summed E-state index contributed by atoms with van der Waals surface area (Å²) in [6.45, 7) is 5.55. The van der Waals surface area contributed by atoms with Crippen molar-refractivity contribution in [1.29, 1.82) is 0 Å². The Balaban J connectivity index is 2.50. The summed E-state index contributed by atoms with van der Waals surface area (Å²) in [6, 6.07) is 0. The average molecular weight is 234 g/mol. The Labute approximate surface area is 96.4 Å². The third kappa shape index (κ3) is 3.08.